The average molecular weight is 287 g/mol. The van der Waals surface area contributed by atoms with Gasteiger partial charge in [-0.3, -0.25) is 0 Å². The molecule has 0 saturated heterocycles. The van der Waals surface area contributed by atoms with E-state index in [1.165, 1.54) is 5.56 Å². The first-order chi connectivity index (χ1) is 9.65. The Labute approximate surface area is 124 Å². The zero-order chi connectivity index (χ0) is 14.4. The molecule has 2 rings (SSSR count). The van der Waals surface area contributed by atoms with Gasteiger partial charge in [0.1, 0.15) is 29.7 Å². The maximum Gasteiger partial charge on any atom is 0.122 e. The van der Waals surface area contributed by atoms with Crippen LogP contribution in [-0.4, -0.2) is 18.2 Å². The molecular weight excluding hydrogens is 270 g/mol. The molecule has 0 aliphatic carbocycles. The highest BCUT2D eigenvalue weighted by Gasteiger charge is 1.99. The first-order valence-electron chi connectivity index (χ1n) is 6.37. The van der Waals surface area contributed by atoms with Gasteiger partial charge in [0.05, 0.1) is 0 Å². The molecule has 2 N–H and O–H groups in total. The summed E-state index contributed by atoms with van der Waals surface area (Å²) in [6.07, 6.45) is 0. The van der Waals surface area contributed by atoms with Gasteiger partial charge >= 0.3 is 0 Å². The fraction of sp³-hybridized carbons (Fsp3) is 0.188. The Kier molecular flexibility index (Phi) is 4.96. The minimum absolute atomic E-state index is 0.367. The third-order valence-corrected chi connectivity index (χ3v) is 3.00. The van der Waals surface area contributed by atoms with E-state index in [-0.39, 0.29) is 0 Å². The predicted octanol–water partition coefficient (Wildman–Crippen LogP) is 3.09. The van der Waals surface area contributed by atoms with Crippen molar-refractivity contribution in [1.29, 1.82) is 0 Å². The quantitative estimate of drug-likeness (QED) is 0.655. The molecule has 0 aromatic heterocycles. The minimum Gasteiger partial charge on any atom is -0.490 e. The van der Waals surface area contributed by atoms with Crippen LogP contribution < -0.4 is 15.2 Å². The topological polar surface area (TPSA) is 44.5 Å². The van der Waals surface area contributed by atoms with E-state index in [0.29, 0.717) is 18.2 Å². The van der Waals surface area contributed by atoms with Crippen molar-refractivity contribution in [2.75, 3.05) is 13.2 Å². The van der Waals surface area contributed by atoms with Crippen LogP contribution in [0.5, 0.6) is 11.5 Å². The summed E-state index contributed by atoms with van der Waals surface area (Å²) in [6, 6.07) is 15.3. The van der Waals surface area contributed by atoms with E-state index in [0.717, 1.165) is 17.1 Å². The van der Waals surface area contributed by atoms with E-state index in [1.807, 2.05) is 55.5 Å². The van der Waals surface area contributed by atoms with E-state index in [4.69, 9.17) is 27.4 Å². The van der Waals surface area contributed by atoms with Crippen LogP contribution in [0.3, 0.4) is 0 Å². The van der Waals surface area contributed by atoms with E-state index in [2.05, 4.69) is 0 Å². The lowest BCUT2D eigenvalue weighted by atomic mass is 10.2. The summed E-state index contributed by atoms with van der Waals surface area (Å²) in [5.41, 5.74) is 7.59. The summed E-state index contributed by atoms with van der Waals surface area (Å²) in [4.78, 5) is 0.367. The molecule has 0 bridgehead atoms. The van der Waals surface area contributed by atoms with E-state index in [9.17, 15) is 0 Å². The van der Waals surface area contributed by atoms with Gasteiger partial charge in [0.25, 0.3) is 0 Å². The van der Waals surface area contributed by atoms with E-state index in [1.54, 1.807) is 0 Å². The third kappa shape index (κ3) is 4.24. The van der Waals surface area contributed by atoms with Crippen molar-refractivity contribution < 1.29 is 9.47 Å². The second-order valence-corrected chi connectivity index (χ2v) is 4.84. The molecule has 3 nitrogen and oxygen atoms in total. The van der Waals surface area contributed by atoms with E-state index >= 15 is 0 Å². The maximum absolute atomic E-state index is 5.60. The predicted molar refractivity (Wildman–Crippen MR) is 84.5 cm³/mol. The van der Waals surface area contributed by atoms with Crippen LogP contribution in [0.15, 0.2) is 48.5 Å². The molecule has 0 aliphatic rings. The molecule has 0 aliphatic heterocycles. The average Bonchev–Trinajstić information content (AvgIpc) is 2.46. The van der Waals surface area contributed by atoms with Crippen molar-refractivity contribution >= 4 is 17.2 Å². The van der Waals surface area contributed by atoms with Gasteiger partial charge in [-0.1, -0.05) is 42.0 Å². The van der Waals surface area contributed by atoms with Crippen LogP contribution >= 0.6 is 12.2 Å². The standard InChI is InChI=1S/C16H17NO2S/c1-12-5-7-14(8-6-12)18-9-10-19-15-4-2-3-13(11-15)16(17)20/h2-8,11H,9-10H2,1H3,(H2,17,20). The van der Waals surface area contributed by atoms with E-state index < -0.39 is 0 Å². The fourth-order valence-corrected chi connectivity index (χ4v) is 1.82. The largest absolute Gasteiger partial charge is 0.490 e. The first-order valence-corrected chi connectivity index (χ1v) is 6.78. The number of aryl methyl sites for hydroxylation is 1. The zero-order valence-corrected chi connectivity index (χ0v) is 12.2. The number of rotatable bonds is 6. The Morgan fingerprint density at radius 1 is 1.00 bits per heavy atom. The Balaban J connectivity index is 1.79. The highest BCUT2D eigenvalue weighted by atomic mass is 32.1. The van der Waals surface area contributed by atoms with Crippen LogP contribution in [-0.2, 0) is 0 Å². The van der Waals surface area contributed by atoms with Gasteiger partial charge in [-0.2, -0.15) is 0 Å². The Morgan fingerprint density at radius 2 is 1.65 bits per heavy atom. The lowest BCUT2D eigenvalue weighted by Gasteiger charge is -2.09. The summed E-state index contributed by atoms with van der Waals surface area (Å²) in [5.74, 6) is 1.58. The fourth-order valence-electron chi connectivity index (χ4n) is 1.69. The maximum atomic E-state index is 5.60. The molecule has 104 valence electrons. The van der Waals surface area contributed by atoms with Crippen molar-refractivity contribution in [3.8, 4) is 11.5 Å². The van der Waals surface area contributed by atoms with Gasteiger partial charge in [-0.05, 0) is 31.2 Å². The lowest BCUT2D eigenvalue weighted by molar-refractivity contribution is 0.217. The summed E-state index contributed by atoms with van der Waals surface area (Å²) in [5, 5.41) is 0. The van der Waals surface area contributed by atoms with Gasteiger partial charge < -0.3 is 15.2 Å². The SMILES string of the molecule is Cc1ccc(OCCOc2cccc(C(N)=S)c2)cc1. The van der Waals surface area contributed by atoms with Gasteiger partial charge in [-0.25, -0.2) is 0 Å². The van der Waals surface area contributed by atoms with Crippen LogP contribution in [0.4, 0.5) is 0 Å². The molecule has 0 heterocycles. The van der Waals surface area contributed by atoms with Crippen LogP contribution in [0.25, 0.3) is 0 Å². The van der Waals surface area contributed by atoms with Gasteiger partial charge in [-0.15, -0.1) is 0 Å². The smallest absolute Gasteiger partial charge is 0.122 e. The van der Waals surface area contributed by atoms with Crippen LogP contribution in [0.2, 0.25) is 0 Å². The monoisotopic (exact) mass is 287 g/mol. The minimum atomic E-state index is 0.367. The van der Waals surface area contributed by atoms with Crippen LogP contribution in [0, 0.1) is 6.92 Å². The number of hydrogen-bond donors (Lipinski definition) is 1. The molecule has 20 heavy (non-hydrogen) atoms. The molecular formula is C16H17NO2S. The number of ether oxygens (including phenoxy) is 2. The van der Waals surface area contributed by atoms with Gasteiger partial charge in [0, 0.05) is 5.56 Å². The highest BCUT2D eigenvalue weighted by molar-refractivity contribution is 7.80. The Hall–Kier alpha value is -2.07. The third-order valence-electron chi connectivity index (χ3n) is 2.76. The van der Waals surface area contributed by atoms with Gasteiger partial charge in [0.2, 0.25) is 0 Å². The van der Waals surface area contributed by atoms with Crippen molar-refractivity contribution in [2.45, 2.75) is 6.92 Å². The first kappa shape index (κ1) is 14.3. The highest BCUT2D eigenvalue weighted by Crippen LogP contribution is 2.14. The normalized spacial score (nSPS) is 10.1. The number of hydrogen-bond acceptors (Lipinski definition) is 3. The van der Waals surface area contributed by atoms with Crippen molar-refractivity contribution in [2.24, 2.45) is 5.73 Å². The molecule has 0 spiro atoms. The second kappa shape index (κ2) is 6.91. The van der Waals surface area contributed by atoms with Gasteiger partial charge in [0.15, 0.2) is 0 Å². The van der Waals surface area contributed by atoms with Crippen molar-refractivity contribution in [3.05, 3.63) is 59.7 Å². The molecule has 2 aromatic rings. The molecule has 0 saturated carbocycles. The molecule has 4 heteroatoms. The zero-order valence-electron chi connectivity index (χ0n) is 11.3. The van der Waals surface area contributed by atoms with Crippen molar-refractivity contribution in [3.63, 3.8) is 0 Å². The molecule has 0 radical (unpaired) electrons. The molecule has 0 atom stereocenters. The lowest BCUT2D eigenvalue weighted by Crippen LogP contribution is -2.11. The number of nitrogens with two attached hydrogens (primary N) is 1. The Bertz CT molecular complexity index is 581. The number of thiocarbonyl (C=S) groups is 1. The summed E-state index contributed by atoms with van der Waals surface area (Å²) >= 11 is 4.93. The summed E-state index contributed by atoms with van der Waals surface area (Å²) < 4.78 is 11.2. The molecule has 0 unspecified atom stereocenters. The summed E-state index contributed by atoms with van der Waals surface area (Å²) in [6.45, 7) is 3.00. The number of benzene rings is 2. The van der Waals surface area contributed by atoms with Crippen LogP contribution in [0.1, 0.15) is 11.1 Å². The van der Waals surface area contributed by atoms with Crippen molar-refractivity contribution in [1.82, 2.24) is 0 Å². The Morgan fingerprint density at radius 3 is 2.30 bits per heavy atom. The summed E-state index contributed by atoms with van der Waals surface area (Å²) in [7, 11) is 0. The molecule has 0 fully saturated rings. The molecule has 2 aromatic carbocycles. The second-order valence-electron chi connectivity index (χ2n) is 4.40. The molecule has 0 amide bonds.